The van der Waals surface area contributed by atoms with Crippen LogP contribution in [-0.4, -0.2) is 29.2 Å². The zero-order chi connectivity index (χ0) is 22.7. The second-order valence-electron chi connectivity index (χ2n) is 8.37. The predicted octanol–water partition coefficient (Wildman–Crippen LogP) is 5.56. The van der Waals surface area contributed by atoms with Gasteiger partial charge in [-0.05, 0) is 42.7 Å². The van der Waals surface area contributed by atoms with Crippen molar-refractivity contribution in [2.75, 3.05) is 6.54 Å². The maximum Gasteiger partial charge on any atom is 0.416 e. The van der Waals surface area contributed by atoms with E-state index in [2.05, 4.69) is 5.16 Å². The van der Waals surface area contributed by atoms with Crippen LogP contribution in [0.25, 0.3) is 0 Å². The second kappa shape index (κ2) is 9.30. The minimum absolute atomic E-state index is 0.00907. The smallest absolute Gasteiger partial charge is 0.390 e. The quantitative estimate of drug-likeness (QED) is 0.544. The number of benzene rings is 2. The molecule has 0 unspecified atom stereocenters. The number of amides is 1. The van der Waals surface area contributed by atoms with Crippen LogP contribution in [-0.2, 0) is 22.4 Å². The van der Waals surface area contributed by atoms with E-state index in [1.807, 2.05) is 0 Å². The predicted molar refractivity (Wildman–Crippen MR) is 111 cm³/mol. The topological polar surface area (TPSA) is 41.9 Å². The van der Waals surface area contributed by atoms with Gasteiger partial charge in [0.2, 0.25) is 5.91 Å². The van der Waals surface area contributed by atoms with Gasteiger partial charge in [-0.25, -0.2) is 4.39 Å². The van der Waals surface area contributed by atoms with Crippen LogP contribution in [0.3, 0.4) is 0 Å². The second-order valence-corrected chi connectivity index (χ2v) is 8.37. The minimum Gasteiger partial charge on any atom is -0.390 e. The number of oxime groups is 1. The summed E-state index contributed by atoms with van der Waals surface area (Å²) in [6, 6.07) is 11.0. The molecule has 8 heteroatoms. The molecule has 4 rings (SSSR count). The van der Waals surface area contributed by atoms with Gasteiger partial charge in [-0.3, -0.25) is 4.79 Å². The Balaban J connectivity index is 1.46. The monoisotopic (exact) mass is 448 g/mol. The summed E-state index contributed by atoms with van der Waals surface area (Å²) in [6.45, 7) is 0.460. The summed E-state index contributed by atoms with van der Waals surface area (Å²) in [6.07, 6.45) is -0.745. The van der Waals surface area contributed by atoms with Gasteiger partial charge in [-0.15, -0.1) is 0 Å². The zero-order valence-electron chi connectivity index (χ0n) is 17.4. The van der Waals surface area contributed by atoms with Crippen molar-refractivity contribution >= 4 is 11.6 Å². The molecule has 4 nitrogen and oxygen atoms in total. The highest BCUT2D eigenvalue weighted by Crippen LogP contribution is 2.31. The third-order valence-electron chi connectivity index (χ3n) is 5.99. The van der Waals surface area contributed by atoms with Crippen LogP contribution in [0.1, 0.15) is 48.8 Å². The molecule has 0 N–H and O–H groups in total. The Morgan fingerprint density at radius 2 is 1.81 bits per heavy atom. The highest BCUT2D eigenvalue weighted by molar-refractivity contribution is 6.01. The van der Waals surface area contributed by atoms with Crippen molar-refractivity contribution in [3.63, 3.8) is 0 Å². The fraction of sp³-hybridized carbons (Fsp3) is 0.417. The molecule has 0 spiro atoms. The molecule has 0 radical (unpaired) electrons. The highest BCUT2D eigenvalue weighted by Gasteiger charge is 2.33. The average molecular weight is 448 g/mol. The van der Waals surface area contributed by atoms with Crippen LogP contribution in [0.2, 0.25) is 0 Å². The van der Waals surface area contributed by atoms with Crippen molar-refractivity contribution in [3.8, 4) is 0 Å². The molecular weight excluding hydrogens is 424 g/mol. The lowest BCUT2D eigenvalue weighted by atomic mass is 10.0. The SMILES string of the molecule is O=C(C1CCCC1)N(Cc1ccc(C(F)(F)F)cc1)C[C@H]1CC(c2cccc(F)c2)=NO1. The molecule has 1 saturated carbocycles. The van der Waals surface area contributed by atoms with E-state index < -0.39 is 17.8 Å². The lowest BCUT2D eigenvalue weighted by Gasteiger charge is -2.27. The first-order valence-corrected chi connectivity index (χ1v) is 10.7. The van der Waals surface area contributed by atoms with Crippen molar-refractivity contribution in [1.82, 2.24) is 4.90 Å². The van der Waals surface area contributed by atoms with Gasteiger partial charge in [0, 0.05) is 24.4 Å². The number of hydrogen-bond acceptors (Lipinski definition) is 3. The molecule has 1 aliphatic carbocycles. The molecule has 1 heterocycles. The number of carbonyl (C=O) groups is 1. The fourth-order valence-electron chi connectivity index (χ4n) is 4.29. The van der Waals surface area contributed by atoms with Gasteiger partial charge < -0.3 is 9.74 Å². The van der Waals surface area contributed by atoms with Gasteiger partial charge in [0.15, 0.2) is 6.10 Å². The van der Waals surface area contributed by atoms with Crippen LogP contribution >= 0.6 is 0 Å². The summed E-state index contributed by atoms with van der Waals surface area (Å²) in [5, 5.41) is 4.07. The first kappa shape index (κ1) is 22.3. The number of nitrogens with zero attached hydrogens (tertiary/aromatic N) is 2. The van der Waals surface area contributed by atoms with E-state index in [1.165, 1.54) is 24.3 Å². The molecule has 1 atom stereocenters. The number of rotatable bonds is 6. The molecule has 1 fully saturated rings. The van der Waals surface area contributed by atoms with Crippen LogP contribution in [0, 0.1) is 11.7 Å². The standard InChI is InChI=1S/C24H24F4N2O2/c25-20-7-3-6-18(12-20)22-13-21(32-29-22)15-30(23(31)17-4-1-2-5-17)14-16-8-10-19(11-9-16)24(26,27)28/h3,6-12,17,21H,1-2,4-5,13-15H2/t21-/m1/s1. The van der Waals surface area contributed by atoms with Crippen molar-refractivity contribution in [2.45, 2.75) is 50.9 Å². The number of hydrogen-bond donors (Lipinski definition) is 0. The van der Waals surface area contributed by atoms with Gasteiger partial charge in [0.05, 0.1) is 17.8 Å². The van der Waals surface area contributed by atoms with E-state index in [1.54, 1.807) is 17.0 Å². The normalized spacial score (nSPS) is 19.0. The third-order valence-corrected chi connectivity index (χ3v) is 5.99. The molecule has 0 saturated heterocycles. The Bertz CT molecular complexity index is 982. The Kier molecular flexibility index (Phi) is 6.48. The maximum atomic E-state index is 13.5. The molecule has 2 aliphatic rings. The van der Waals surface area contributed by atoms with Gasteiger partial charge in [0.1, 0.15) is 5.82 Å². The molecule has 1 amide bonds. The summed E-state index contributed by atoms with van der Waals surface area (Å²) in [7, 11) is 0. The van der Waals surface area contributed by atoms with E-state index in [9.17, 15) is 22.4 Å². The Labute approximate surface area is 183 Å². The molecule has 170 valence electrons. The van der Waals surface area contributed by atoms with E-state index in [4.69, 9.17) is 4.84 Å². The molecular formula is C24H24F4N2O2. The lowest BCUT2D eigenvalue weighted by molar-refractivity contribution is -0.138. The van der Waals surface area contributed by atoms with E-state index in [0.717, 1.165) is 37.8 Å². The Hall–Kier alpha value is -2.90. The summed E-state index contributed by atoms with van der Waals surface area (Å²) < 4.78 is 52.1. The maximum absolute atomic E-state index is 13.5. The first-order chi connectivity index (χ1) is 15.3. The Morgan fingerprint density at radius 1 is 1.09 bits per heavy atom. The van der Waals surface area contributed by atoms with Gasteiger partial charge in [-0.1, -0.05) is 42.3 Å². The number of halogens is 4. The molecule has 1 aliphatic heterocycles. The van der Waals surface area contributed by atoms with Gasteiger partial charge in [0.25, 0.3) is 0 Å². The largest absolute Gasteiger partial charge is 0.416 e. The van der Waals surface area contributed by atoms with E-state index in [0.29, 0.717) is 23.3 Å². The number of alkyl halides is 3. The lowest BCUT2D eigenvalue weighted by Crippen LogP contribution is -2.40. The van der Waals surface area contributed by atoms with Crippen molar-refractivity contribution in [3.05, 3.63) is 71.0 Å². The van der Waals surface area contributed by atoms with E-state index >= 15 is 0 Å². The first-order valence-electron chi connectivity index (χ1n) is 10.7. The molecule has 32 heavy (non-hydrogen) atoms. The van der Waals surface area contributed by atoms with Crippen molar-refractivity contribution in [1.29, 1.82) is 0 Å². The Morgan fingerprint density at radius 3 is 2.47 bits per heavy atom. The zero-order valence-corrected chi connectivity index (χ0v) is 17.4. The van der Waals surface area contributed by atoms with Crippen LogP contribution in [0.5, 0.6) is 0 Å². The van der Waals surface area contributed by atoms with E-state index in [-0.39, 0.29) is 30.7 Å². The minimum atomic E-state index is -4.40. The molecule has 2 aromatic carbocycles. The van der Waals surface area contributed by atoms with Crippen molar-refractivity contribution < 1.29 is 27.2 Å². The molecule has 0 bridgehead atoms. The van der Waals surface area contributed by atoms with Crippen molar-refractivity contribution in [2.24, 2.45) is 11.1 Å². The van der Waals surface area contributed by atoms with Crippen LogP contribution in [0.15, 0.2) is 53.7 Å². The van der Waals surface area contributed by atoms with Crippen LogP contribution in [0.4, 0.5) is 17.6 Å². The van der Waals surface area contributed by atoms with Gasteiger partial charge >= 0.3 is 6.18 Å². The number of carbonyl (C=O) groups excluding carboxylic acids is 1. The summed E-state index contributed by atoms with van der Waals surface area (Å²) >= 11 is 0. The summed E-state index contributed by atoms with van der Waals surface area (Å²) in [4.78, 5) is 20.4. The van der Waals surface area contributed by atoms with Gasteiger partial charge in [-0.2, -0.15) is 13.2 Å². The summed E-state index contributed by atoms with van der Waals surface area (Å²) in [5.74, 6) is -0.450. The fourth-order valence-corrected chi connectivity index (χ4v) is 4.29. The van der Waals surface area contributed by atoms with Crippen LogP contribution < -0.4 is 0 Å². The highest BCUT2D eigenvalue weighted by atomic mass is 19.4. The molecule has 0 aromatic heterocycles. The summed E-state index contributed by atoms with van der Waals surface area (Å²) in [5.41, 5.74) is 1.14. The molecule has 2 aromatic rings. The average Bonchev–Trinajstić information content (AvgIpc) is 3.45. The third kappa shape index (κ3) is 5.29.